The minimum Gasteiger partial charge on any atom is -0.493 e. The van der Waals surface area contributed by atoms with Crippen LogP contribution in [0.25, 0.3) is 0 Å². The molecular weight excluding hydrogens is 422 g/mol. The van der Waals surface area contributed by atoms with Crippen molar-refractivity contribution in [3.63, 3.8) is 0 Å². The molecular formula is C26H27NO4S. The average molecular weight is 450 g/mol. The highest BCUT2D eigenvalue weighted by Crippen LogP contribution is 2.38. The number of benzene rings is 2. The van der Waals surface area contributed by atoms with Gasteiger partial charge in [-0.2, -0.15) is 0 Å². The van der Waals surface area contributed by atoms with Crippen LogP contribution in [0.3, 0.4) is 0 Å². The van der Waals surface area contributed by atoms with Crippen LogP contribution in [0.5, 0.6) is 5.75 Å². The average Bonchev–Trinajstić information content (AvgIpc) is 3.18. The molecule has 1 heterocycles. The highest BCUT2D eigenvalue weighted by atomic mass is 32.1. The molecule has 32 heavy (non-hydrogen) atoms. The highest BCUT2D eigenvalue weighted by molar-refractivity contribution is 7.17. The number of rotatable bonds is 8. The van der Waals surface area contributed by atoms with Gasteiger partial charge >= 0.3 is 5.97 Å². The largest absolute Gasteiger partial charge is 0.493 e. The van der Waals surface area contributed by atoms with E-state index < -0.39 is 0 Å². The Balaban J connectivity index is 1.41. The Hall–Kier alpha value is -3.12. The molecule has 1 aliphatic carbocycles. The van der Waals surface area contributed by atoms with E-state index in [1.807, 2.05) is 18.2 Å². The second kappa shape index (κ2) is 10.5. The van der Waals surface area contributed by atoms with Gasteiger partial charge in [0.15, 0.2) is 0 Å². The maximum atomic E-state index is 12.9. The number of carbonyl (C=O) groups excluding carboxylic acids is 2. The Bertz CT molecular complexity index is 1070. The third-order valence-electron chi connectivity index (χ3n) is 5.50. The number of aryl methyl sites for hydroxylation is 1. The summed E-state index contributed by atoms with van der Waals surface area (Å²) >= 11 is 1.49. The zero-order valence-corrected chi connectivity index (χ0v) is 19.0. The molecule has 0 aliphatic heterocycles. The Morgan fingerprint density at radius 3 is 2.50 bits per heavy atom. The molecule has 4 rings (SSSR count). The molecule has 2 aromatic carbocycles. The lowest BCUT2D eigenvalue weighted by atomic mass is 9.95. The van der Waals surface area contributed by atoms with Crippen LogP contribution in [0.15, 0.2) is 54.6 Å². The van der Waals surface area contributed by atoms with E-state index in [0.717, 1.165) is 43.4 Å². The second-order valence-electron chi connectivity index (χ2n) is 7.70. The SMILES string of the molecule is CCOC(=O)c1c(NC(=O)c2ccc(OCCc3ccccc3)cc2)sc2c1CCCC2. The van der Waals surface area contributed by atoms with Crippen LogP contribution >= 0.6 is 11.3 Å². The summed E-state index contributed by atoms with van der Waals surface area (Å²) in [5.74, 6) is 0.116. The van der Waals surface area contributed by atoms with Crippen molar-refractivity contribution in [3.8, 4) is 5.75 Å². The maximum absolute atomic E-state index is 12.9. The van der Waals surface area contributed by atoms with Gasteiger partial charge in [0.2, 0.25) is 0 Å². The molecule has 1 N–H and O–H groups in total. The van der Waals surface area contributed by atoms with Gasteiger partial charge in [-0.15, -0.1) is 11.3 Å². The minimum atomic E-state index is -0.357. The fourth-order valence-electron chi connectivity index (χ4n) is 3.88. The molecule has 0 fully saturated rings. The van der Waals surface area contributed by atoms with Crippen LogP contribution in [-0.4, -0.2) is 25.1 Å². The van der Waals surface area contributed by atoms with E-state index >= 15 is 0 Å². The number of nitrogens with one attached hydrogen (secondary N) is 1. The lowest BCUT2D eigenvalue weighted by molar-refractivity contribution is 0.0526. The van der Waals surface area contributed by atoms with Gasteiger partial charge in [-0.25, -0.2) is 4.79 Å². The van der Waals surface area contributed by atoms with Gasteiger partial charge in [-0.1, -0.05) is 30.3 Å². The van der Waals surface area contributed by atoms with Crippen LogP contribution in [-0.2, 0) is 24.0 Å². The Morgan fingerprint density at radius 2 is 1.75 bits per heavy atom. The summed E-state index contributed by atoms with van der Waals surface area (Å²) in [5.41, 5.74) is 3.30. The molecule has 6 heteroatoms. The first-order valence-electron chi connectivity index (χ1n) is 11.1. The summed E-state index contributed by atoms with van der Waals surface area (Å²) in [7, 11) is 0. The summed E-state index contributed by atoms with van der Waals surface area (Å²) in [4.78, 5) is 26.6. The quantitative estimate of drug-likeness (QED) is 0.450. The molecule has 0 saturated carbocycles. The van der Waals surface area contributed by atoms with Gasteiger partial charge in [-0.05, 0) is 68.0 Å². The first kappa shape index (κ1) is 22.1. The van der Waals surface area contributed by atoms with Gasteiger partial charge < -0.3 is 14.8 Å². The van der Waals surface area contributed by atoms with Crippen molar-refractivity contribution >= 4 is 28.2 Å². The topological polar surface area (TPSA) is 64.6 Å². The van der Waals surface area contributed by atoms with Crippen molar-refractivity contribution in [2.75, 3.05) is 18.5 Å². The first-order valence-corrected chi connectivity index (χ1v) is 11.9. The number of hydrogen-bond acceptors (Lipinski definition) is 5. The Morgan fingerprint density at radius 1 is 1.00 bits per heavy atom. The summed E-state index contributed by atoms with van der Waals surface area (Å²) < 4.78 is 11.1. The van der Waals surface area contributed by atoms with E-state index in [2.05, 4.69) is 17.4 Å². The van der Waals surface area contributed by atoms with E-state index in [9.17, 15) is 9.59 Å². The molecule has 1 aliphatic rings. The summed E-state index contributed by atoms with van der Waals surface area (Å²) in [6.07, 6.45) is 4.77. The summed E-state index contributed by atoms with van der Waals surface area (Å²) in [6.45, 7) is 2.67. The third kappa shape index (κ3) is 5.19. The normalized spacial score (nSPS) is 12.7. The predicted molar refractivity (Wildman–Crippen MR) is 127 cm³/mol. The smallest absolute Gasteiger partial charge is 0.341 e. The number of esters is 1. The van der Waals surface area contributed by atoms with Gasteiger partial charge in [-0.3, -0.25) is 4.79 Å². The monoisotopic (exact) mass is 449 g/mol. The molecule has 5 nitrogen and oxygen atoms in total. The van der Waals surface area contributed by atoms with Crippen molar-refractivity contribution in [2.45, 2.75) is 39.0 Å². The van der Waals surface area contributed by atoms with Crippen LogP contribution in [0, 0.1) is 0 Å². The standard InChI is InChI=1S/C26H27NO4S/c1-2-30-26(29)23-21-10-6-7-11-22(21)32-25(23)27-24(28)19-12-14-20(15-13-19)31-17-16-18-8-4-3-5-9-18/h3-5,8-9,12-15H,2,6-7,10-11,16-17H2,1H3,(H,27,28). The van der Waals surface area contributed by atoms with E-state index in [0.29, 0.717) is 29.3 Å². The zero-order chi connectivity index (χ0) is 22.3. The number of thiophene rings is 1. The summed E-state index contributed by atoms with van der Waals surface area (Å²) in [6, 6.07) is 17.2. The number of amides is 1. The first-order chi connectivity index (χ1) is 15.7. The third-order valence-corrected chi connectivity index (χ3v) is 6.70. The van der Waals surface area contributed by atoms with Gasteiger partial charge in [0.25, 0.3) is 5.91 Å². The molecule has 0 saturated heterocycles. The van der Waals surface area contributed by atoms with Gasteiger partial charge in [0, 0.05) is 16.9 Å². The van der Waals surface area contributed by atoms with Gasteiger partial charge in [0.1, 0.15) is 10.8 Å². The molecule has 1 aromatic heterocycles. The van der Waals surface area contributed by atoms with Crippen LogP contribution in [0.2, 0.25) is 0 Å². The van der Waals surface area contributed by atoms with E-state index in [1.54, 1.807) is 31.2 Å². The van der Waals surface area contributed by atoms with Crippen LogP contribution in [0.4, 0.5) is 5.00 Å². The van der Waals surface area contributed by atoms with E-state index in [-0.39, 0.29) is 11.9 Å². The molecule has 166 valence electrons. The number of anilines is 1. The molecule has 3 aromatic rings. The molecule has 0 unspecified atom stereocenters. The number of ether oxygens (including phenoxy) is 2. The van der Waals surface area contributed by atoms with Crippen molar-refractivity contribution in [1.29, 1.82) is 0 Å². The minimum absolute atomic E-state index is 0.245. The molecule has 0 radical (unpaired) electrons. The molecule has 0 bridgehead atoms. The molecule has 0 spiro atoms. The molecule has 0 atom stereocenters. The lowest BCUT2D eigenvalue weighted by Gasteiger charge is -2.12. The predicted octanol–water partition coefficient (Wildman–Crippen LogP) is 5.68. The second-order valence-corrected chi connectivity index (χ2v) is 8.80. The van der Waals surface area contributed by atoms with E-state index in [4.69, 9.17) is 9.47 Å². The molecule has 1 amide bonds. The Labute approximate surface area is 192 Å². The number of hydrogen-bond donors (Lipinski definition) is 1. The fraction of sp³-hybridized carbons (Fsp3) is 0.308. The fourth-order valence-corrected chi connectivity index (χ4v) is 5.15. The lowest BCUT2D eigenvalue weighted by Crippen LogP contribution is -2.15. The zero-order valence-electron chi connectivity index (χ0n) is 18.2. The number of carbonyl (C=O) groups is 2. The van der Waals surface area contributed by atoms with Gasteiger partial charge in [0.05, 0.1) is 18.8 Å². The Kier molecular flexibility index (Phi) is 7.22. The van der Waals surface area contributed by atoms with Crippen LogP contribution in [0.1, 0.15) is 56.5 Å². The van der Waals surface area contributed by atoms with Crippen molar-refractivity contribution in [1.82, 2.24) is 0 Å². The van der Waals surface area contributed by atoms with Crippen molar-refractivity contribution in [3.05, 3.63) is 81.7 Å². The van der Waals surface area contributed by atoms with Crippen molar-refractivity contribution < 1.29 is 19.1 Å². The number of fused-ring (bicyclic) bond motifs is 1. The van der Waals surface area contributed by atoms with Crippen LogP contribution < -0.4 is 10.1 Å². The van der Waals surface area contributed by atoms with Crippen molar-refractivity contribution in [2.24, 2.45) is 0 Å². The summed E-state index contributed by atoms with van der Waals surface area (Å²) in [5, 5.41) is 3.53. The van der Waals surface area contributed by atoms with E-state index in [1.165, 1.54) is 21.8 Å². The highest BCUT2D eigenvalue weighted by Gasteiger charge is 2.27. The maximum Gasteiger partial charge on any atom is 0.341 e.